The molecule has 0 radical (unpaired) electrons. The molecule has 1 aliphatic carbocycles. The van der Waals surface area contributed by atoms with Crippen LogP contribution in [-0.2, 0) is 11.2 Å². The summed E-state index contributed by atoms with van der Waals surface area (Å²) in [6.07, 6.45) is 2.01. The zero-order valence-corrected chi connectivity index (χ0v) is 15.3. The maximum Gasteiger partial charge on any atom is 0.308 e. The number of likely N-dealkylation sites (tertiary alicyclic amines) is 1. The molecule has 2 N–H and O–H groups in total. The molecule has 0 spiro atoms. The number of nitrogens with zero attached hydrogens (tertiary/aromatic N) is 1. The van der Waals surface area contributed by atoms with Crippen LogP contribution in [0.15, 0.2) is 10.9 Å². The van der Waals surface area contributed by atoms with Crippen LogP contribution in [0, 0.1) is 11.3 Å². The van der Waals surface area contributed by atoms with Gasteiger partial charge in [0.05, 0.1) is 5.92 Å². The van der Waals surface area contributed by atoms with Crippen LogP contribution in [0.4, 0.5) is 0 Å². The van der Waals surface area contributed by atoms with Crippen molar-refractivity contribution >= 4 is 17.7 Å². The van der Waals surface area contributed by atoms with Crippen LogP contribution in [-0.4, -0.2) is 45.2 Å². The average molecular weight is 360 g/mol. The third-order valence-corrected chi connectivity index (χ3v) is 5.44. The van der Waals surface area contributed by atoms with E-state index >= 15 is 0 Å². The number of nitrogens with one attached hydrogen (secondary N) is 1. The monoisotopic (exact) mass is 360 g/mol. The number of ketones is 1. The van der Waals surface area contributed by atoms with Crippen LogP contribution in [0.1, 0.15) is 66.4 Å². The molecular formula is C19H24N2O5. The molecule has 1 fully saturated rings. The summed E-state index contributed by atoms with van der Waals surface area (Å²) in [6, 6.07) is 1.24. The number of aromatic nitrogens is 1. The van der Waals surface area contributed by atoms with Gasteiger partial charge in [-0.1, -0.05) is 13.8 Å². The zero-order chi connectivity index (χ0) is 19.2. The molecule has 2 aliphatic rings. The van der Waals surface area contributed by atoms with E-state index < -0.39 is 23.4 Å². The Bertz CT molecular complexity index is 839. The van der Waals surface area contributed by atoms with Crippen LogP contribution in [0.25, 0.3) is 0 Å². The number of carbonyl (C=O) groups is 3. The van der Waals surface area contributed by atoms with Gasteiger partial charge in [-0.3, -0.25) is 19.2 Å². The molecule has 0 aromatic carbocycles. The number of hydrogen-bond acceptors (Lipinski definition) is 4. The Morgan fingerprint density at radius 2 is 1.92 bits per heavy atom. The molecule has 2 unspecified atom stereocenters. The largest absolute Gasteiger partial charge is 0.481 e. The van der Waals surface area contributed by atoms with Crippen LogP contribution in [0.2, 0.25) is 0 Å². The summed E-state index contributed by atoms with van der Waals surface area (Å²) in [5, 5.41) is 9.24. The summed E-state index contributed by atoms with van der Waals surface area (Å²) in [5.41, 5.74) is 0.127. The molecule has 2 heterocycles. The van der Waals surface area contributed by atoms with E-state index in [0.717, 1.165) is 0 Å². The van der Waals surface area contributed by atoms with Crippen molar-refractivity contribution in [2.24, 2.45) is 11.3 Å². The topological polar surface area (TPSA) is 108 Å². The molecule has 1 aliphatic heterocycles. The first-order chi connectivity index (χ1) is 12.1. The minimum atomic E-state index is -0.938. The summed E-state index contributed by atoms with van der Waals surface area (Å²) in [5.74, 6) is -2.16. The van der Waals surface area contributed by atoms with Gasteiger partial charge in [0.25, 0.3) is 11.5 Å². The van der Waals surface area contributed by atoms with E-state index in [1.165, 1.54) is 11.0 Å². The number of aliphatic carboxylic acids is 1. The SMILES string of the molecule is CC1CCC(C(=O)O)CN1C(=O)c1cc2c([nH]c1=O)CC(C)(C)CC2=O. The zero-order valence-electron chi connectivity index (χ0n) is 15.3. The molecule has 140 valence electrons. The molecule has 0 saturated carbocycles. The van der Waals surface area contributed by atoms with E-state index in [1.54, 1.807) is 0 Å². The molecule has 1 aromatic rings. The first-order valence-electron chi connectivity index (χ1n) is 8.92. The van der Waals surface area contributed by atoms with Gasteiger partial charge in [0.15, 0.2) is 5.78 Å². The van der Waals surface area contributed by atoms with Crippen molar-refractivity contribution in [2.45, 2.75) is 52.5 Å². The van der Waals surface area contributed by atoms with Gasteiger partial charge in [0, 0.05) is 30.3 Å². The van der Waals surface area contributed by atoms with Crippen LogP contribution >= 0.6 is 0 Å². The van der Waals surface area contributed by atoms with Crippen molar-refractivity contribution in [3.05, 3.63) is 33.2 Å². The minimum absolute atomic E-state index is 0.0762. The highest BCUT2D eigenvalue weighted by Crippen LogP contribution is 2.33. The molecule has 2 atom stereocenters. The van der Waals surface area contributed by atoms with Crippen LogP contribution in [0.5, 0.6) is 0 Å². The van der Waals surface area contributed by atoms with Crippen molar-refractivity contribution in [1.29, 1.82) is 0 Å². The number of carbonyl (C=O) groups excluding carboxylic acids is 2. The first kappa shape index (κ1) is 18.4. The quantitative estimate of drug-likeness (QED) is 0.837. The molecule has 7 nitrogen and oxygen atoms in total. The summed E-state index contributed by atoms with van der Waals surface area (Å²) in [6.45, 7) is 5.85. The fourth-order valence-electron chi connectivity index (χ4n) is 3.93. The molecule has 7 heteroatoms. The van der Waals surface area contributed by atoms with Gasteiger partial charge >= 0.3 is 5.97 Å². The highest BCUT2D eigenvalue weighted by Gasteiger charge is 2.36. The average Bonchev–Trinajstić information content (AvgIpc) is 2.52. The van der Waals surface area contributed by atoms with Gasteiger partial charge in [-0.25, -0.2) is 0 Å². The fraction of sp³-hybridized carbons (Fsp3) is 0.579. The van der Waals surface area contributed by atoms with Gasteiger partial charge in [0.1, 0.15) is 5.56 Å². The molecule has 0 bridgehead atoms. The lowest BCUT2D eigenvalue weighted by Gasteiger charge is -2.36. The number of hydrogen-bond donors (Lipinski definition) is 2. The lowest BCUT2D eigenvalue weighted by atomic mass is 9.75. The fourth-order valence-corrected chi connectivity index (χ4v) is 3.93. The summed E-state index contributed by atoms with van der Waals surface area (Å²) in [7, 11) is 0. The highest BCUT2D eigenvalue weighted by atomic mass is 16.4. The number of H-pyrrole nitrogens is 1. The van der Waals surface area contributed by atoms with Gasteiger partial charge in [-0.05, 0) is 37.7 Å². The predicted molar refractivity (Wildman–Crippen MR) is 94.4 cm³/mol. The number of Topliss-reactive ketones (excluding diaryl/α,β-unsaturated/α-hetero) is 1. The summed E-state index contributed by atoms with van der Waals surface area (Å²) in [4.78, 5) is 53.3. The highest BCUT2D eigenvalue weighted by molar-refractivity contribution is 6.02. The lowest BCUT2D eigenvalue weighted by Crippen LogP contribution is -2.48. The Morgan fingerprint density at radius 1 is 1.23 bits per heavy atom. The van der Waals surface area contributed by atoms with E-state index in [0.29, 0.717) is 36.9 Å². The van der Waals surface area contributed by atoms with Crippen molar-refractivity contribution in [3.63, 3.8) is 0 Å². The Kier molecular flexibility index (Phi) is 4.50. The third-order valence-electron chi connectivity index (χ3n) is 5.44. The minimum Gasteiger partial charge on any atom is -0.481 e. The van der Waals surface area contributed by atoms with E-state index in [4.69, 9.17) is 0 Å². The molecule has 26 heavy (non-hydrogen) atoms. The number of piperidine rings is 1. The molecule has 1 aromatic heterocycles. The van der Waals surface area contributed by atoms with Gasteiger partial charge < -0.3 is 15.0 Å². The number of carboxylic acid groups (broad SMARTS) is 1. The number of aromatic amines is 1. The number of fused-ring (bicyclic) bond motifs is 1. The summed E-state index contributed by atoms with van der Waals surface area (Å²) < 4.78 is 0. The van der Waals surface area contributed by atoms with E-state index in [-0.39, 0.29) is 29.3 Å². The van der Waals surface area contributed by atoms with Gasteiger partial charge in [-0.2, -0.15) is 0 Å². The molecule has 1 saturated heterocycles. The van der Waals surface area contributed by atoms with E-state index in [2.05, 4.69) is 4.98 Å². The Morgan fingerprint density at radius 3 is 2.58 bits per heavy atom. The van der Waals surface area contributed by atoms with Crippen LogP contribution in [0.3, 0.4) is 0 Å². The normalized spacial score (nSPS) is 24.9. The first-order valence-corrected chi connectivity index (χ1v) is 8.92. The van der Waals surface area contributed by atoms with Gasteiger partial charge in [-0.15, -0.1) is 0 Å². The Labute approximate surface area is 151 Å². The van der Waals surface area contributed by atoms with Crippen molar-refractivity contribution in [2.75, 3.05) is 6.54 Å². The van der Waals surface area contributed by atoms with Crippen LogP contribution < -0.4 is 5.56 Å². The lowest BCUT2D eigenvalue weighted by molar-refractivity contribution is -0.143. The van der Waals surface area contributed by atoms with E-state index in [9.17, 15) is 24.3 Å². The summed E-state index contributed by atoms with van der Waals surface area (Å²) >= 11 is 0. The Balaban J connectivity index is 1.96. The standard InChI is InChI=1S/C19H24N2O5/c1-10-4-5-11(18(25)26)9-21(10)17(24)13-6-12-14(20-16(13)23)7-19(2,3)8-15(12)22/h6,10-11H,4-5,7-9H2,1-3H3,(H,20,23)(H,25,26). The van der Waals surface area contributed by atoms with Crippen molar-refractivity contribution < 1.29 is 19.5 Å². The molecular weight excluding hydrogens is 336 g/mol. The maximum atomic E-state index is 12.9. The smallest absolute Gasteiger partial charge is 0.308 e. The molecule has 1 amide bonds. The predicted octanol–water partition coefficient (Wildman–Crippen LogP) is 1.86. The number of rotatable bonds is 2. The number of amides is 1. The van der Waals surface area contributed by atoms with Crippen molar-refractivity contribution in [1.82, 2.24) is 9.88 Å². The van der Waals surface area contributed by atoms with Gasteiger partial charge in [0.2, 0.25) is 0 Å². The number of carboxylic acids is 1. The second-order valence-electron chi connectivity index (χ2n) is 8.26. The maximum absolute atomic E-state index is 12.9. The third kappa shape index (κ3) is 3.30. The molecule has 3 rings (SSSR count). The second-order valence-corrected chi connectivity index (χ2v) is 8.26. The van der Waals surface area contributed by atoms with Crippen molar-refractivity contribution in [3.8, 4) is 0 Å². The second kappa shape index (κ2) is 6.37. The Hall–Kier alpha value is -2.44. The van der Waals surface area contributed by atoms with E-state index in [1.807, 2.05) is 20.8 Å². The number of pyridine rings is 1.